The summed E-state index contributed by atoms with van der Waals surface area (Å²) in [4.78, 5) is 11.4. The summed E-state index contributed by atoms with van der Waals surface area (Å²) in [5.74, 6) is -0.0719. The summed E-state index contributed by atoms with van der Waals surface area (Å²) >= 11 is 0. The van der Waals surface area contributed by atoms with Crippen molar-refractivity contribution in [1.29, 1.82) is 0 Å². The second-order valence-corrected chi connectivity index (χ2v) is 5.06. The lowest BCUT2D eigenvalue weighted by atomic mass is 10.1. The van der Waals surface area contributed by atoms with Gasteiger partial charge in [0.1, 0.15) is 11.8 Å². The van der Waals surface area contributed by atoms with Gasteiger partial charge in [-0.25, -0.2) is 0 Å². The minimum atomic E-state index is -0.885. The van der Waals surface area contributed by atoms with E-state index in [0.717, 1.165) is 23.3 Å². The average Bonchev–Trinajstić information content (AvgIpc) is 2.54. The van der Waals surface area contributed by atoms with Gasteiger partial charge in [0.15, 0.2) is 0 Å². The molecule has 0 unspecified atom stereocenters. The quantitative estimate of drug-likeness (QED) is 0.784. The van der Waals surface area contributed by atoms with Crippen LogP contribution in [0.4, 0.5) is 0 Å². The van der Waals surface area contributed by atoms with Crippen LogP contribution >= 0.6 is 0 Å². The molecule has 1 atom stereocenters. The van der Waals surface area contributed by atoms with Crippen LogP contribution < -0.4 is 10.1 Å². The zero-order valence-electron chi connectivity index (χ0n) is 12.7. The Morgan fingerprint density at radius 1 is 1.18 bits per heavy atom. The maximum atomic E-state index is 11.4. The molecule has 116 valence electrons. The third-order valence-electron chi connectivity index (χ3n) is 3.26. The van der Waals surface area contributed by atoms with Gasteiger partial charge in [-0.3, -0.25) is 10.1 Å². The molecule has 0 bridgehead atoms. The Bertz CT molecular complexity index is 598. The van der Waals surface area contributed by atoms with E-state index >= 15 is 0 Å². The first-order valence-corrected chi connectivity index (χ1v) is 7.43. The fraction of sp³-hybridized carbons (Fsp3) is 0.278. The minimum Gasteiger partial charge on any atom is -0.494 e. The SMILES string of the molecule is CCCOc1cccc(CN[C@@H](C(=O)O)c2ccccc2)c1. The fourth-order valence-electron chi connectivity index (χ4n) is 2.18. The van der Waals surface area contributed by atoms with E-state index in [9.17, 15) is 9.90 Å². The predicted octanol–water partition coefficient (Wildman–Crippen LogP) is 3.39. The number of carbonyl (C=O) groups is 1. The van der Waals surface area contributed by atoms with Crippen molar-refractivity contribution in [2.24, 2.45) is 0 Å². The maximum Gasteiger partial charge on any atom is 0.325 e. The number of carboxylic acids is 1. The smallest absolute Gasteiger partial charge is 0.325 e. The molecule has 0 aliphatic carbocycles. The first kappa shape index (κ1) is 16.0. The van der Waals surface area contributed by atoms with Crippen LogP contribution in [-0.4, -0.2) is 17.7 Å². The number of hydrogen-bond donors (Lipinski definition) is 2. The summed E-state index contributed by atoms with van der Waals surface area (Å²) in [5, 5.41) is 12.5. The lowest BCUT2D eigenvalue weighted by molar-refractivity contribution is -0.139. The molecule has 0 aromatic heterocycles. The highest BCUT2D eigenvalue weighted by molar-refractivity contribution is 5.75. The van der Waals surface area contributed by atoms with E-state index in [-0.39, 0.29) is 0 Å². The number of carboxylic acid groups (broad SMARTS) is 1. The highest BCUT2D eigenvalue weighted by Crippen LogP contribution is 2.16. The molecular weight excluding hydrogens is 278 g/mol. The van der Waals surface area contributed by atoms with Gasteiger partial charge >= 0.3 is 5.97 Å². The first-order chi connectivity index (χ1) is 10.7. The third kappa shape index (κ3) is 4.60. The van der Waals surface area contributed by atoms with Crippen molar-refractivity contribution < 1.29 is 14.6 Å². The molecule has 0 aliphatic heterocycles. The highest BCUT2D eigenvalue weighted by atomic mass is 16.5. The molecule has 22 heavy (non-hydrogen) atoms. The number of benzene rings is 2. The van der Waals surface area contributed by atoms with E-state index < -0.39 is 12.0 Å². The third-order valence-corrected chi connectivity index (χ3v) is 3.26. The Morgan fingerprint density at radius 3 is 2.64 bits per heavy atom. The summed E-state index contributed by atoms with van der Waals surface area (Å²) in [6.45, 7) is 3.20. The van der Waals surface area contributed by atoms with E-state index in [2.05, 4.69) is 12.2 Å². The fourth-order valence-corrected chi connectivity index (χ4v) is 2.18. The van der Waals surface area contributed by atoms with Crippen molar-refractivity contribution in [3.63, 3.8) is 0 Å². The second kappa shape index (κ2) is 8.20. The van der Waals surface area contributed by atoms with Crippen LogP contribution in [0.25, 0.3) is 0 Å². The monoisotopic (exact) mass is 299 g/mol. The van der Waals surface area contributed by atoms with Crippen LogP contribution in [0.1, 0.15) is 30.5 Å². The molecule has 2 aromatic rings. The van der Waals surface area contributed by atoms with E-state index in [1.165, 1.54) is 0 Å². The van der Waals surface area contributed by atoms with Gasteiger partial charge in [0.25, 0.3) is 0 Å². The van der Waals surface area contributed by atoms with E-state index in [1.807, 2.05) is 54.6 Å². The molecule has 0 spiro atoms. The summed E-state index contributed by atoms with van der Waals surface area (Å²) in [6, 6.07) is 16.2. The molecule has 4 heteroatoms. The van der Waals surface area contributed by atoms with E-state index in [4.69, 9.17) is 4.74 Å². The van der Waals surface area contributed by atoms with Crippen molar-refractivity contribution in [2.75, 3.05) is 6.61 Å². The van der Waals surface area contributed by atoms with Gasteiger partial charge in [-0.05, 0) is 29.7 Å². The van der Waals surface area contributed by atoms with Crippen molar-refractivity contribution in [2.45, 2.75) is 25.9 Å². The zero-order chi connectivity index (χ0) is 15.8. The standard InChI is InChI=1S/C18H21NO3/c1-2-11-22-16-10-6-7-14(12-16)13-19-17(18(20)21)15-8-4-3-5-9-15/h3-10,12,17,19H,2,11,13H2,1H3,(H,20,21)/t17-/m1/s1. The van der Waals surface area contributed by atoms with Crippen LogP contribution in [0.3, 0.4) is 0 Å². The van der Waals surface area contributed by atoms with Gasteiger partial charge in [0.05, 0.1) is 6.61 Å². The Labute approximate surface area is 130 Å². The van der Waals surface area contributed by atoms with E-state index in [0.29, 0.717) is 13.2 Å². The molecule has 0 saturated carbocycles. The number of hydrogen-bond acceptors (Lipinski definition) is 3. The summed E-state index contributed by atoms with van der Waals surface area (Å²) in [5.41, 5.74) is 1.74. The molecule has 0 heterocycles. The Morgan fingerprint density at radius 2 is 1.95 bits per heavy atom. The molecule has 0 saturated heterocycles. The minimum absolute atomic E-state index is 0.467. The molecule has 0 fully saturated rings. The van der Waals surface area contributed by atoms with Crippen molar-refractivity contribution in [1.82, 2.24) is 5.32 Å². The van der Waals surface area contributed by atoms with Crippen molar-refractivity contribution in [3.05, 3.63) is 65.7 Å². The molecule has 2 rings (SSSR count). The molecule has 2 aromatic carbocycles. The Balaban J connectivity index is 2.02. The lowest BCUT2D eigenvalue weighted by Gasteiger charge is -2.15. The number of aliphatic carboxylic acids is 1. The molecular formula is C18H21NO3. The van der Waals surface area contributed by atoms with Crippen LogP contribution in [0.5, 0.6) is 5.75 Å². The van der Waals surface area contributed by atoms with Gasteiger partial charge in [0.2, 0.25) is 0 Å². The Kier molecular flexibility index (Phi) is 5.98. The summed E-state index contributed by atoms with van der Waals surface area (Å²) in [6.07, 6.45) is 0.956. The summed E-state index contributed by atoms with van der Waals surface area (Å²) in [7, 11) is 0. The van der Waals surface area contributed by atoms with Gasteiger partial charge < -0.3 is 9.84 Å². The maximum absolute atomic E-state index is 11.4. The molecule has 0 amide bonds. The topological polar surface area (TPSA) is 58.6 Å². The number of ether oxygens (including phenoxy) is 1. The van der Waals surface area contributed by atoms with Gasteiger partial charge in [0, 0.05) is 6.54 Å². The number of rotatable bonds is 8. The Hall–Kier alpha value is -2.33. The first-order valence-electron chi connectivity index (χ1n) is 7.43. The second-order valence-electron chi connectivity index (χ2n) is 5.06. The highest BCUT2D eigenvalue weighted by Gasteiger charge is 2.18. The average molecular weight is 299 g/mol. The van der Waals surface area contributed by atoms with Crippen LogP contribution in [-0.2, 0) is 11.3 Å². The number of nitrogens with one attached hydrogen (secondary N) is 1. The van der Waals surface area contributed by atoms with Gasteiger partial charge in [-0.1, -0.05) is 49.4 Å². The largest absolute Gasteiger partial charge is 0.494 e. The van der Waals surface area contributed by atoms with Gasteiger partial charge in [-0.2, -0.15) is 0 Å². The molecule has 0 aliphatic rings. The van der Waals surface area contributed by atoms with Crippen molar-refractivity contribution in [3.8, 4) is 5.75 Å². The van der Waals surface area contributed by atoms with Crippen LogP contribution in [0, 0.1) is 0 Å². The predicted molar refractivity (Wildman–Crippen MR) is 85.9 cm³/mol. The molecule has 4 nitrogen and oxygen atoms in total. The molecule has 0 radical (unpaired) electrons. The lowest BCUT2D eigenvalue weighted by Crippen LogP contribution is -2.28. The summed E-state index contributed by atoms with van der Waals surface area (Å²) < 4.78 is 5.59. The molecule has 2 N–H and O–H groups in total. The van der Waals surface area contributed by atoms with E-state index in [1.54, 1.807) is 0 Å². The normalized spacial score (nSPS) is 11.9. The van der Waals surface area contributed by atoms with Crippen LogP contribution in [0.15, 0.2) is 54.6 Å². The van der Waals surface area contributed by atoms with Crippen molar-refractivity contribution >= 4 is 5.97 Å². The van der Waals surface area contributed by atoms with Crippen LogP contribution in [0.2, 0.25) is 0 Å². The van der Waals surface area contributed by atoms with Gasteiger partial charge in [-0.15, -0.1) is 0 Å². The zero-order valence-corrected chi connectivity index (χ0v) is 12.7.